The monoisotopic (exact) mass is 522 g/mol. The number of carboxylic acids is 1. The second-order valence-corrected chi connectivity index (χ2v) is 8.76. The summed E-state index contributed by atoms with van der Waals surface area (Å²) < 4.78 is 0. The normalized spacial score (nSPS) is 12.2. The van der Waals surface area contributed by atoms with Gasteiger partial charge in [0.05, 0.1) is 13.2 Å². The third-order valence-corrected chi connectivity index (χ3v) is 5.45. The van der Waals surface area contributed by atoms with Gasteiger partial charge in [0.15, 0.2) is 0 Å². The van der Waals surface area contributed by atoms with E-state index in [0.29, 0.717) is 6.42 Å². The lowest BCUT2D eigenvalue weighted by Crippen LogP contribution is -2.33. The number of nitrogens with two attached hydrogens (primary N) is 2. The molecular formula is C30H45BN3O4. The quantitative estimate of drug-likeness (QED) is 0.259. The van der Waals surface area contributed by atoms with Crippen molar-refractivity contribution in [1.82, 2.24) is 4.90 Å². The number of likely N-dealkylation sites (N-methyl/N-ethyl adjacent to an activating group) is 1. The first-order valence-electron chi connectivity index (χ1n) is 12.0. The molecule has 0 heterocycles. The molecule has 3 aromatic rings. The van der Waals surface area contributed by atoms with Crippen LogP contribution in [0.25, 0.3) is 0 Å². The topological polar surface area (TPSA) is 133 Å². The number of hydrogen-bond acceptors (Lipinski definition) is 6. The van der Waals surface area contributed by atoms with E-state index >= 15 is 0 Å². The van der Waals surface area contributed by atoms with E-state index in [2.05, 4.69) is 12.1 Å². The average molecular weight is 523 g/mol. The highest BCUT2D eigenvalue weighted by molar-refractivity contribution is 5.75. The number of hydrogen-bond donors (Lipinski definition) is 5. The van der Waals surface area contributed by atoms with Crippen molar-refractivity contribution >= 4 is 14.4 Å². The van der Waals surface area contributed by atoms with Gasteiger partial charge in [0.2, 0.25) is 0 Å². The molecule has 0 saturated carbocycles. The summed E-state index contributed by atoms with van der Waals surface area (Å²) in [6.45, 7) is 0.261. The van der Waals surface area contributed by atoms with Gasteiger partial charge in [-0.1, -0.05) is 98.4 Å². The third-order valence-electron chi connectivity index (χ3n) is 5.45. The lowest BCUT2D eigenvalue weighted by atomic mass is 10.1. The minimum Gasteiger partial charge on any atom is -0.480 e. The minimum absolute atomic E-state index is 0. The van der Waals surface area contributed by atoms with E-state index in [1.165, 1.54) is 11.1 Å². The second-order valence-electron chi connectivity index (χ2n) is 8.76. The van der Waals surface area contributed by atoms with Crippen LogP contribution in [0.2, 0.25) is 0 Å². The molecular weight excluding hydrogens is 477 g/mol. The summed E-state index contributed by atoms with van der Waals surface area (Å²) in [6.07, 6.45) is 2.04. The molecule has 207 valence electrons. The van der Waals surface area contributed by atoms with Gasteiger partial charge in [0.1, 0.15) is 6.04 Å². The van der Waals surface area contributed by atoms with Gasteiger partial charge < -0.3 is 31.7 Å². The Morgan fingerprint density at radius 1 is 0.711 bits per heavy atom. The molecule has 3 rings (SSSR count). The van der Waals surface area contributed by atoms with Crippen molar-refractivity contribution in [2.45, 2.75) is 44.8 Å². The predicted molar refractivity (Wildman–Crippen MR) is 158 cm³/mol. The van der Waals surface area contributed by atoms with Crippen molar-refractivity contribution in [1.29, 1.82) is 0 Å². The molecule has 38 heavy (non-hydrogen) atoms. The Hall–Kier alpha value is -3.01. The highest BCUT2D eigenvalue weighted by Gasteiger charge is 2.11. The van der Waals surface area contributed by atoms with E-state index in [9.17, 15) is 4.79 Å². The van der Waals surface area contributed by atoms with Crippen LogP contribution in [0, 0.1) is 0 Å². The maximum absolute atomic E-state index is 10.4. The fourth-order valence-corrected chi connectivity index (χ4v) is 3.23. The molecule has 0 amide bonds. The number of aliphatic hydroxyl groups is 2. The molecule has 0 aliphatic carbocycles. The van der Waals surface area contributed by atoms with Gasteiger partial charge in [0.25, 0.3) is 0 Å². The standard InChI is InChI=1S/C11H17NO.C9H11NO2.C9H13NO.CH4.B/c1-12(2)11(9-13)8-10-6-4-3-5-7-10;10-8(9(11)12)6-7-4-2-1-3-5-7;10-9(7-11)6-8-4-2-1-3-5-8;;/h3-7,11,13H,8-9H2,1-2H3;1-5,8H,6,10H2,(H,11,12);1-5,9,11H,6-7,10H2;1H4;/t11-;8-;9-;;/m000../s1. The van der Waals surface area contributed by atoms with Crippen LogP contribution in [0.3, 0.4) is 0 Å². The molecule has 0 fully saturated rings. The zero-order valence-corrected chi connectivity index (χ0v) is 21.9. The van der Waals surface area contributed by atoms with E-state index in [4.69, 9.17) is 26.8 Å². The van der Waals surface area contributed by atoms with Crippen molar-refractivity contribution in [2.75, 3.05) is 27.3 Å². The molecule has 3 atom stereocenters. The van der Waals surface area contributed by atoms with Gasteiger partial charge in [0, 0.05) is 20.5 Å². The van der Waals surface area contributed by atoms with Gasteiger partial charge in [-0.3, -0.25) is 4.79 Å². The summed E-state index contributed by atoms with van der Waals surface area (Å²) in [6, 6.07) is 28.8. The first-order valence-corrected chi connectivity index (χ1v) is 12.0. The Morgan fingerprint density at radius 3 is 1.39 bits per heavy atom. The summed E-state index contributed by atoms with van der Waals surface area (Å²) in [4.78, 5) is 12.4. The minimum atomic E-state index is -0.959. The maximum Gasteiger partial charge on any atom is 0.320 e. The zero-order chi connectivity index (χ0) is 26.8. The molecule has 7 N–H and O–H groups in total. The maximum atomic E-state index is 10.4. The molecule has 0 aliphatic heterocycles. The van der Waals surface area contributed by atoms with E-state index in [0.717, 1.165) is 18.4 Å². The van der Waals surface area contributed by atoms with Crippen LogP contribution in [-0.2, 0) is 24.1 Å². The van der Waals surface area contributed by atoms with Gasteiger partial charge in [-0.25, -0.2) is 0 Å². The van der Waals surface area contributed by atoms with Crippen LogP contribution in [0.4, 0.5) is 0 Å². The molecule has 3 radical (unpaired) electrons. The number of aliphatic carboxylic acids is 1. The van der Waals surface area contributed by atoms with Gasteiger partial charge in [-0.05, 0) is 50.0 Å². The lowest BCUT2D eigenvalue weighted by Gasteiger charge is -2.21. The summed E-state index contributed by atoms with van der Waals surface area (Å²) in [5.74, 6) is -0.959. The third kappa shape index (κ3) is 16.7. The van der Waals surface area contributed by atoms with Crippen LogP contribution >= 0.6 is 0 Å². The van der Waals surface area contributed by atoms with Crippen molar-refractivity contribution in [3.63, 3.8) is 0 Å². The van der Waals surface area contributed by atoms with Crippen LogP contribution < -0.4 is 11.5 Å². The lowest BCUT2D eigenvalue weighted by molar-refractivity contribution is -0.138. The summed E-state index contributed by atoms with van der Waals surface area (Å²) >= 11 is 0. The Labute approximate surface area is 230 Å². The molecule has 0 unspecified atom stereocenters. The number of carboxylic acid groups (broad SMARTS) is 1. The molecule has 0 aromatic heterocycles. The van der Waals surface area contributed by atoms with Crippen LogP contribution in [0.15, 0.2) is 91.0 Å². The average Bonchev–Trinajstić information content (AvgIpc) is 2.89. The fraction of sp³-hybridized carbons (Fsp3) is 0.367. The molecule has 0 spiro atoms. The number of rotatable bonds is 10. The number of carbonyl (C=O) groups is 1. The first-order chi connectivity index (χ1) is 17.3. The summed E-state index contributed by atoms with van der Waals surface area (Å²) in [5, 5.41) is 26.3. The van der Waals surface area contributed by atoms with E-state index < -0.39 is 12.0 Å². The number of nitrogens with zero attached hydrogens (tertiary/aromatic N) is 1. The largest absolute Gasteiger partial charge is 0.480 e. The number of benzene rings is 3. The van der Waals surface area contributed by atoms with Crippen molar-refractivity contribution in [3.05, 3.63) is 108 Å². The molecule has 8 heteroatoms. The Bertz CT molecular complexity index is 947. The van der Waals surface area contributed by atoms with Gasteiger partial charge in [-0.15, -0.1) is 0 Å². The van der Waals surface area contributed by atoms with E-state index in [-0.39, 0.29) is 41.1 Å². The summed E-state index contributed by atoms with van der Waals surface area (Å²) in [7, 11) is 3.98. The smallest absolute Gasteiger partial charge is 0.320 e. The molecule has 0 saturated heterocycles. The van der Waals surface area contributed by atoms with Crippen LogP contribution in [0.1, 0.15) is 24.1 Å². The number of aliphatic hydroxyl groups excluding tert-OH is 2. The summed E-state index contributed by atoms with van der Waals surface area (Å²) in [5.41, 5.74) is 14.3. The predicted octanol–water partition coefficient (Wildman–Crippen LogP) is 2.60. The van der Waals surface area contributed by atoms with Crippen molar-refractivity contribution < 1.29 is 20.1 Å². The van der Waals surface area contributed by atoms with E-state index in [1.807, 2.05) is 97.9 Å². The van der Waals surface area contributed by atoms with Gasteiger partial charge >= 0.3 is 5.97 Å². The van der Waals surface area contributed by atoms with Crippen molar-refractivity contribution in [2.24, 2.45) is 11.5 Å². The zero-order valence-electron chi connectivity index (χ0n) is 21.9. The Balaban J connectivity index is 0. The highest BCUT2D eigenvalue weighted by atomic mass is 16.4. The van der Waals surface area contributed by atoms with Crippen molar-refractivity contribution in [3.8, 4) is 0 Å². The molecule has 3 aromatic carbocycles. The van der Waals surface area contributed by atoms with Gasteiger partial charge in [-0.2, -0.15) is 0 Å². The fourth-order valence-electron chi connectivity index (χ4n) is 3.23. The second kappa shape index (κ2) is 22.0. The first kappa shape index (κ1) is 37.1. The highest BCUT2D eigenvalue weighted by Crippen LogP contribution is 2.06. The Kier molecular flexibility index (Phi) is 21.5. The molecule has 0 bridgehead atoms. The molecule has 7 nitrogen and oxygen atoms in total. The van der Waals surface area contributed by atoms with E-state index in [1.54, 1.807) is 0 Å². The van der Waals surface area contributed by atoms with Crippen LogP contribution in [0.5, 0.6) is 0 Å². The molecule has 0 aliphatic rings. The Morgan fingerprint density at radius 2 is 1.08 bits per heavy atom. The van der Waals surface area contributed by atoms with Crippen LogP contribution in [-0.4, -0.2) is 80.0 Å². The SMILES string of the molecule is C.CN(C)[C@H](CO)Cc1ccccc1.N[C@@H](Cc1ccccc1)C(=O)O.N[C@H](CO)Cc1ccccc1.[B].